The van der Waals surface area contributed by atoms with Gasteiger partial charge in [0.2, 0.25) is 5.91 Å². The first-order chi connectivity index (χ1) is 12.6. The van der Waals surface area contributed by atoms with Crippen LogP contribution < -0.4 is 16.4 Å². The molecule has 27 heavy (non-hydrogen) atoms. The molecule has 0 saturated heterocycles. The smallest absolute Gasteiger partial charge is 0.405 e. The fourth-order valence-corrected chi connectivity index (χ4v) is 3.84. The quantitative estimate of drug-likeness (QED) is 0.298. The van der Waals surface area contributed by atoms with Crippen LogP contribution in [-0.2, 0) is 27.9 Å². The Labute approximate surface area is 164 Å². The second-order valence-corrected chi connectivity index (χ2v) is 8.17. The number of nitrogens with two attached hydrogens (primary N) is 1. The molecule has 0 spiro atoms. The van der Waals surface area contributed by atoms with Gasteiger partial charge in [-0.25, -0.2) is 4.79 Å². The zero-order valence-electron chi connectivity index (χ0n) is 16.0. The van der Waals surface area contributed by atoms with Gasteiger partial charge in [-0.3, -0.25) is 14.2 Å². The largest absolute Gasteiger partial charge is 0.436 e. The van der Waals surface area contributed by atoms with E-state index in [1.54, 1.807) is 20.8 Å². The van der Waals surface area contributed by atoms with Crippen molar-refractivity contribution in [2.45, 2.75) is 58.5 Å². The van der Waals surface area contributed by atoms with Crippen LogP contribution in [0.5, 0.6) is 0 Å². The van der Waals surface area contributed by atoms with Crippen molar-refractivity contribution in [2.75, 3.05) is 19.1 Å². The minimum Gasteiger partial charge on any atom is -0.436 e. The zero-order chi connectivity index (χ0) is 21.0. The van der Waals surface area contributed by atoms with Crippen LogP contribution in [0.2, 0.25) is 0 Å². The molecule has 10 nitrogen and oxygen atoms in total. The molecule has 0 heterocycles. The summed E-state index contributed by atoms with van der Waals surface area (Å²) < 4.78 is 27.7. The molecular formula is C15H29ClN3O7P. The van der Waals surface area contributed by atoms with Gasteiger partial charge in [-0.15, -0.1) is 11.6 Å². The molecule has 3 amide bonds. The van der Waals surface area contributed by atoms with Crippen LogP contribution in [0, 0.1) is 0 Å². The summed E-state index contributed by atoms with van der Waals surface area (Å²) in [6.07, 6.45) is -1.46. The van der Waals surface area contributed by atoms with Gasteiger partial charge in [0.25, 0.3) is 5.91 Å². The molecule has 0 fully saturated rings. The van der Waals surface area contributed by atoms with Gasteiger partial charge >= 0.3 is 13.7 Å². The molecule has 0 aliphatic rings. The number of carbonyl (C=O) groups excluding carboxylic acids is 3. The molecule has 4 N–H and O–H groups in total. The predicted molar refractivity (Wildman–Crippen MR) is 100 cm³/mol. The highest BCUT2D eigenvalue weighted by Gasteiger charge is 2.35. The summed E-state index contributed by atoms with van der Waals surface area (Å²) in [5.41, 5.74) is 4.95. The van der Waals surface area contributed by atoms with E-state index in [1.807, 2.05) is 0 Å². The summed E-state index contributed by atoms with van der Waals surface area (Å²) in [5.74, 6) is -2.60. The standard InChI is InChI=1S/C15H29ClN3O7P/c1-5-8-12(26-15(17)22)14(21)19-11(9-16)13(20)18-10(4)27(23,24-6-2)25-7-3/h10-12H,5-9H2,1-4H3,(H2,17,22)(H,18,20)(H,19,21)/t10?,11-,12-/m0/s1. The fourth-order valence-electron chi connectivity index (χ4n) is 2.09. The van der Waals surface area contributed by atoms with Crippen LogP contribution in [0.4, 0.5) is 4.79 Å². The van der Waals surface area contributed by atoms with Crippen LogP contribution in [0.25, 0.3) is 0 Å². The van der Waals surface area contributed by atoms with Crippen molar-refractivity contribution in [1.29, 1.82) is 0 Å². The Bertz CT molecular complexity index is 540. The predicted octanol–water partition coefficient (Wildman–Crippen LogP) is 1.70. The number of primary amides is 1. The minimum absolute atomic E-state index is 0.135. The molecule has 0 aliphatic carbocycles. The maximum atomic E-state index is 12.6. The normalized spacial score (nSPS) is 14.7. The molecule has 12 heteroatoms. The first-order valence-corrected chi connectivity index (χ1v) is 10.8. The molecule has 0 aromatic carbocycles. The van der Waals surface area contributed by atoms with E-state index in [0.717, 1.165) is 0 Å². The van der Waals surface area contributed by atoms with Crippen molar-refractivity contribution in [3.8, 4) is 0 Å². The topological polar surface area (TPSA) is 146 Å². The van der Waals surface area contributed by atoms with Crippen molar-refractivity contribution in [3.63, 3.8) is 0 Å². The second kappa shape index (κ2) is 12.9. The summed E-state index contributed by atoms with van der Waals surface area (Å²) in [5, 5.41) is 4.87. The Morgan fingerprint density at radius 2 is 1.63 bits per heavy atom. The van der Waals surface area contributed by atoms with E-state index in [4.69, 9.17) is 31.1 Å². The molecule has 0 aromatic heterocycles. The summed E-state index contributed by atoms with van der Waals surface area (Å²) in [7, 11) is -3.57. The average Bonchev–Trinajstić information content (AvgIpc) is 2.58. The summed E-state index contributed by atoms with van der Waals surface area (Å²) in [6, 6.07) is -1.14. The Morgan fingerprint density at radius 1 is 1.07 bits per heavy atom. The highest BCUT2D eigenvalue weighted by atomic mass is 35.5. The fraction of sp³-hybridized carbons (Fsp3) is 0.800. The van der Waals surface area contributed by atoms with Crippen LogP contribution >= 0.6 is 19.2 Å². The third-order valence-corrected chi connectivity index (χ3v) is 5.96. The lowest BCUT2D eigenvalue weighted by atomic mass is 10.2. The molecule has 1 unspecified atom stereocenters. The highest BCUT2D eigenvalue weighted by molar-refractivity contribution is 7.54. The monoisotopic (exact) mass is 429 g/mol. The third kappa shape index (κ3) is 8.92. The summed E-state index contributed by atoms with van der Waals surface area (Å²) in [4.78, 5) is 35.6. The number of rotatable bonds is 13. The van der Waals surface area contributed by atoms with E-state index in [1.165, 1.54) is 6.92 Å². The van der Waals surface area contributed by atoms with Crippen molar-refractivity contribution < 1.29 is 32.7 Å². The van der Waals surface area contributed by atoms with Gasteiger partial charge in [0.15, 0.2) is 6.10 Å². The van der Waals surface area contributed by atoms with Gasteiger partial charge in [0, 0.05) is 0 Å². The number of amides is 3. The molecule has 0 aromatic rings. The zero-order valence-corrected chi connectivity index (χ0v) is 17.7. The minimum atomic E-state index is -3.57. The summed E-state index contributed by atoms with van der Waals surface area (Å²) >= 11 is 5.77. The number of nitrogens with one attached hydrogen (secondary N) is 2. The van der Waals surface area contributed by atoms with Crippen molar-refractivity contribution in [2.24, 2.45) is 5.73 Å². The second-order valence-electron chi connectivity index (χ2n) is 5.49. The number of ether oxygens (including phenoxy) is 1. The molecule has 0 bridgehead atoms. The van der Waals surface area contributed by atoms with E-state index >= 15 is 0 Å². The first-order valence-electron chi connectivity index (χ1n) is 8.66. The third-order valence-electron chi connectivity index (χ3n) is 3.33. The number of halogens is 1. The van der Waals surface area contributed by atoms with E-state index in [9.17, 15) is 18.9 Å². The van der Waals surface area contributed by atoms with Gasteiger partial charge in [-0.05, 0) is 27.2 Å². The van der Waals surface area contributed by atoms with Crippen LogP contribution in [0.1, 0.15) is 40.5 Å². The van der Waals surface area contributed by atoms with Crippen molar-refractivity contribution >= 4 is 37.1 Å². The number of carbonyl (C=O) groups is 3. The van der Waals surface area contributed by atoms with E-state index in [0.29, 0.717) is 6.42 Å². The molecule has 158 valence electrons. The summed E-state index contributed by atoms with van der Waals surface area (Å²) in [6.45, 7) is 6.82. The maximum Gasteiger partial charge on any atom is 0.405 e. The van der Waals surface area contributed by atoms with Gasteiger partial charge in [-0.2, -0.15) is 0 Å². The van der Waals surface area contributed by atoms with Crippen molar-refractivity contribution in [3.05, 3.63) is 0 Å². The molecule has 0 saturated carbocycles. The number of alkyl halides is 1. The van der Waals surface area contributed by atoms with Gasteiger partial charge in [-0.1, -0.05) is 13.3 Å². The molecule has 0 rings (SSSR count). The molecule has 3 atom stereocenters. The molecular weight excluding hydrogens is 401 g/mol. The van der Waals surface area contributed by atoms with E-state index < -0.39 is 43.4 Å². The van der Waals surface area contributed by atoms with Crippen molar-refractivity contribution in [1.82, 2.24) is 10.6 Å². The Kier molecular flexibility index (Phi) is 12.3. The highest BCUT2D eigenvalue weighted by Crippen LogP contribution is 2.51. The molecule has 0 radical (unpaired) electrons. The lowest BCUT2D eigenvalue weighted by molar-refractivity contribution is -0.134. The van der Waals surface area contributed by atoms with Crippen LogP contribution in [0.3, 0.4) is 0 Å². The van der Waals surface area contributed by atoms with E-state index in [-0.39, 0.29) is 25.5 Å². The van der Waals surface area contributed by atoms with Gasteiger partial charge in [0.05, 0.1) is 19.1 Å². The Balaban J connectivity index is 5.05. The first kappa shape index (κ1) is 25.6. The molecule has 0 aliphatic heterocycles. The lowest BCUT2D eigenvalue weighted by Gasteiger charge is -2.26. The number of hydrogen-bond donors (Lipinski definition) is 3. The Morgan fingerprint density at radius 3 is 2.04 bits per heavy atom. The maximum absolute atomic E-state index is 12.6. The number of hydrogen-bond acceptors (Lipinski definition) is 7. The average molecular weight is 430 g/mol. The van der Waals surface area contributed by atoms with Crippen LogP contribution in [0.15, 0.2) is 0 Å². The van der Waals surface area contributed by atoms with Crippen LogP contribution in [-0.4, -0.2) is 54.9 Å². The van der Waals surface area contributed by atoms with Gasteiger partial charge < -0.3 is 30.2 Å². The lowest BCUT2D eigenvalue weighted by Crippen LogP contribution is -2.53. The van der Waals surface area contributed by atoms with Gasteiger partial charge in [0.1, 0.15) is 11.8 Å². The SMILES string of the molecule is CCC[C@H](OC(N)=O)C(=O)N[C@@H](CCl)C(=O)NC(C)P(=O)(OCC)OCC. The van der Waals surface area contributed by atoms with E-state index in [2.05, 4.69) is 10.6 Å². The Hall–Kier alpha value is -1.35.